The summed E-state index contributed by atoms with van der Waals surface area (Å²) >= 11 is 5.18. The summed E-state index contributed by atoms with van der Waals surface area (Å²) in [4.78, 5) is 22.8. The van der Waals surface area contributed by atoms with Crippen LogP contribution >= 0.6 is 12.2 Å². The highest BCUT2D eigenvalue weighted by Crippen LogP contribution is 2.29. The van der Waals surface area contributed by atoms with Gasteiger partial charge in [0.25, 0.3) is 0 Å². The fourth-order valence-corrected chi connectivity index (χ4v) is 2.51. The molecule has 0 radical (unpaired) electrons. The number of hydrogen-bond acceptors (Lipinski definition) is 4. The van der Waals surface area contributed by atoms with Crippen LogP contribution in [0.1, 0.15) is 43.2 Å². The molecule has 0 bridgehead atoms. The number of rotatable bonds is 7. The standard InChI is InChI=1S/C18H20N2O4S/c1-2-3-4-9-16(21)20-18(25)19-13-8-6-5-7-12(13)14-10-11-15(24-14)17(22)23/h5-8,10-11H,2-4,9H2,1H3,(H,22,23)(H2,19,20,21,25). The van der Waals surface area contributed by atoms with Crippen LogP contribution in [0.15, 0.2) is 40.8 Å². The molecular weight excluding hydrogens is 340 g/mol. The molecule has 3 N–H and O–H groups in total. The zero-order chi connectivity index (χ0) is 18.2. The number of unbranched alkanes of at least 4 members (excludes halogenated alkanes) is 2. The van der Waals surface area contributed by atoms with Crippen LogP contribution in [0.2, 0.25) is 0 Å². The molecule has 132 valence electrons. The Kier molecular flexibility index (Phi) is 6.71. The van der Waals surface area contributed by atoms with Crippen molar-refractivity contribution in [3.8, 4) is 11.3 Å². The number of benzene rings is 1. The first-order chi connectivity index (χ1) is 12.0. The van der Waals surface area contributed by atoms with Gasteiger partial charge in [0.1, 0.15) is 5.76 Å². The third-order valence-electron chi connectivity index (χ3n) is 3.52. The summed E-state index contributed by atoms with van der Waals surface area (Å²) in [6, 6.07) is 10.1. The van der Waals surface area contributed by atoms with Crippen molar-refractivity contribution in [2.45, 2.75) is 32.6 Å². The minimum Gasteiger partial charge on any atom is -0.475 e. The molecule has 0 aliphatic rings. The first-order valence-electron chi connectivity index (χ1n) is 8.04. The van der Waals surface area contributed by atoms with Crippen molar-refractivity contribution in [1.82, 2.24) is 5.32 Å². The Morgan fingerprint density at radius 2 is 1.92 bits per heavy atom. The Balaban J connectivity index is 2.06. The number of carboxylic acids is 1. The van der Waals surface area contributed by atoms with Crippen LogP contribution in [0.25, 0.3) is 11.3 Å². The molecule has 1 heterocycles. The number of carbonyl (C=O) groups excluding carboxylic acids is 1. The number of carbonyl (C=O) groups is 2. The maximum absolute atomic E-state index is 11.8. The van der Waals surface area contributed by atoms with Gasteiger partial charge in [-0.15, -0.1) is 0 Å². The molecule has 0 aliphatic carbocycles. The zero-order valence-electron chi connectivity index (χ0n) is 13.9. The van der Waals surface area contributed by atoms with Crippen molar-refractivity contribution in [3.05, 3.63) is 42.2 Å². The van der Waals surface area contributed by atoms with Crippen molar-refractivity contribution in [1.29, 1.82) is 0 Å². The van der Waals surface area contributed by atoms with Gasteiger partial charge in [-0.1, -0.05) is 31.9 Å². The number of anilines is 1. The Bertz CT molecular complexity index is 770. The van der Waals surface area contributed by atoms with Gasteiger partial charge in [0, 0.05) is 12.0 Å². The second-order valence-corrected chi connectivity index (χ2v) is 5.88. The second kappa shape index (κ2) is 8.98. The smallest absolute Gasteiger partial charge is 0.371 e. The molecule has 2 aromatic rings. The van der Waals surface area contributed by atoms with E-state index in [9.17, 15) is 9.59 Å². The van der Waals surface area contributed by atoms with E-state index >= 15 is 0 Å². The van der Waals surface area contributed by atoms with E-state index in [4.69, 9.17) is 21.7 Å². The van der Waals surface area contributed by atoms with Gasteiger partial charge in [-0.2, -0.15) is 0 Å². The quantitative estimate of drug-likeness (QED) is 0.510. The number of thiocarbonyl (C=S) groups is 1. The van der Waals surface area contributed by atoms with Crippen LogP contribution < -0.4 is 10.6 Å². The largest absolute Gasteiger partial charge is 0.475 e. The lowest BCUT2D eigenvalue weighted by Gasteiger charge is -2.12. The zero-order valence-corrected chi connectivity index (χ0v) is 14.7. The number of para-hydroxylation sites is 1. The van der Waals surface area contributed by atoms with E-state index in [1.54, 1.807) is 30.3 Å². The maximum atomic E-state index is 11.8. The first-order valence-corrected chi connectivity index (χ1v) is 8.45. The number of carboxylic acid groups (broad SMARTS) is 1. The van der Waals surface area contributed by atoms with Crippen molar-refractivity contribution in [2.75, 3.05) is 5.32 Å². The van der Waals surface area contributed by atoms with Crippen molar-refractivity contribution < 1.29 is 19.1 Å². The fraction of sp³-hybridized carbons (Fsp3) is 0.278. The SMILES string of the molecule is CCCCCC(=O)NC(=S)Nc1ccccc1-c1ccc(C(=O)O)o1. The third kappa shape index (κ3) is 5.42. The number of amides is 1. The number of nitrogens with one attached hydrogen (secondary N) is 2. The van der Waals surface area contributed by atoms with Crippen molar-refractivity contribution in [3.63, 3.8) is 0 Å². The second-order valence-electron chi connectivity index (χ2n) is 5.47. The molecule has 1 aromatic heterocycles. The Labute approximate surface area is 151 Å². The molecule has 2 rings (SSSR count). The predicted molar refractivity (Wildman–Crippen MR) is 99.6 cm³/mol. The van der Waals surface area contributed by atoms with E-state index < -0.39 is 5.97 Å². The van der Waals surface area contributed by atoms with Gasteiger partial charge in [-0.25, -0.2) is 4.79 Å². The summed E-state index contributed by atoms with van der Waals surface area (Å²) in [5, 5.41) is 14.8. The van der Waals surface area contributed by atoms with Gasteiger partial charge >= 0.3 is 5.97 Å². The van der Waals surface area contributed by atoms with Gasteiger partial charge in [-0.05, 0) is 42.9 Å². The van der Waals surface area contributed by atoms with E-state index in [0.717, 1.165) is 19.3 Å². The fourth-order valence-electron chi connectivity index (χ4n) is 2.28. The summed E-state index contributed by atoms with van der Waals surface area (Å²) in [6.07, 6.45) is 3.30. The van der Waals surface area contributed by atoms with E-state index in [1.807, 2.05) is 0 Å². The van der Waals surface area contributed by atoms with Crippen LogP contribution in [-0.2, 0) is 4.79 Å². The minimum atomic E-state index is -1.13. The Morgan fingerprint density at radius 1 is 1.16 bits per heavy atom. The van der Waals surface area contributed by atoms with Crippen LogP contribution in [0.3, 0.4) is 0 Å². The summed E-state index contributed by atoms with van der Waals surface area (Å²) in [7, 11) is 0. The average molecular weight is 360 g/mol. The first kappa shape index (κ1) is 18.7. The lowest BCUT2D eigenvalue weighted by Crippen LogP contribution is -2.34. The van der Waals surface area contributed by atoms with Crippen molar-refractivity contribution >= 4 is 34.9 Å². The molecule has 0 aliphatic heterocycles. The van der Waals surface area contributed by atoms with Crippen molar-refractivity contribution in [2.24, 2.45) is 0 Å². The molecule has 25 heavy (non-hydrogen) atoms. The summed E-state index contributed by atoms with van der Waals surface area (Å²) < 4.78 is 5.33. The van der Waals surface area contributed by atoms with Gasteiger partial charge in [0.15, 0.2) is 5.11 Å². The molecule has 0 unspecified atom stereocenters. The molecule has 0 saturated heterocycles. The lowest BCUT2D eigenvalue weighted by molar-refractivity contribution is -0.119. The highest BCUT2D eigenvalue weighted by Gasteiger charge is 2.14. The lowest BCUT2D eigenvalue weighted by atomic mass is 10.1. The molecule has 0 fully saturated rings. The molecule has 1 aromatic carbocycles. The summed E-state index contributed by atoms with van der Waals surface area (Å²) in [5.41, 5.74) is 1.27. The molecule has 7 heteroatoms. The van der Waals surface area contributed by atoms with Gasteiger partial charge in [-0.3, -0.25) is 4.79 Å². The molecule has 0 atom stereocenters. The average Bonchev–Trinajstić information content (AvgIpc) is 3.05. The van der Waals surface area contributed by atoms with Crippen LogP contribution in [-0.4, -0.2) is 22.1 Å². The Hall–Kier alpha value is -2.67. The summed E-state index contributed by atoms with van der Waals surface area (Å²) in [5.74, 6) is -1.00. The van der Waals surface area contributed by atoms with E-state index in [1.165, 1.54) is 6.07 Å². The van der Waals surface area contributed by atoms with E-state index in [-0.39, 0.29) is 16.8 Å². The minimum absolute atomic E-state index is 0.130. The van der Waals surface area contributed by atoms with Crippen LogP contribution in [0, 0.1) is 0 Å². The maximum Gasteiger partial charge on any atom is 0.371 e. The predicted octanol–water partition coefficient (Wildman–Crippen LogP) is 4.04. The van der Waals surface area contributed by atoms with E-state index in [2.05, 4.69) is 17.6 Å². The van der Waals surface area contributed by atoms with Gasteiger partial charge in [0.2, 0.25) is 11.7 Å². The third-order valence-corrected chi connectivity index (χ3v) is 3.72. The normalized spacial score (nSPS) is 10.3. The molecule has 1 amide bonds. The number of hydrogen-bond donors (Lipinski definition) is 3. The molecule has 0 spiro atoms. The van der Waals surface area contributed by atoms with Crippen LogP contribution in [0.4, 0.5) is 5.69 Å². The number of furan rings is 1. The summed E-state index contributed by atoms with van der Waals surface area (Å²) in [6.45, 7) is 2.07. The molecular formula is C18H20N2O4S. The van der Waals surface area contributed by atoms with E-state index in [0.29, 0.717) is 23.4 Å². The molecule has 6 nitrogen and oxygen atoms in total. The highest BCUT2D eigenvalue weighted by molar-refractivity contribution is 7.80. The van der Waals surface area contributed by atoms with Gasteiger partial charge in [0.05, 0.1) is 5.69 Å². The highest BCUT2D eigenvalue weighted by atomic mass is 32.1. The monoisotopic (exact) mass is 360 g/mol. The number of aromatic carboxylic acids is 1. The van der Waals surface area contributed by atoms with Crippen LogP contribution in [0.5, 0.6) is 0 Å². The topological polar surface area (TPSA) is 91.6 Å². The Morgan fingerprint density at radius 3 is 2.60 bits per heavy atom. The van der Waals surface area contributed by atoms with Gasteiger partial charge < -0.3 is 20.2 Å². The molecule has 0 saturated carbocycles.